The van der Waals surface area contributed by atoms with Gasteiger partial charge in [-0.1, -0.05) is 54.6 Å². The van der Waals surface area contributed by atoms with E-state index in [0.29, 0.717) is 5.39 Å². The Morgan fingerprint density at radius 2 is 1.65 bits per heavy atom. The van der Waals surface area contributed by atoms with Gasteiger partial charge in [-0.15, -0.1) is 0 Å². The highest BCUT2D eigenvalue weighted by atomic mass is 32.2. The Kier molecular flexibility index (Phi) is 6.54. The highest BCUT2D eigenvalue weighted by Gasteiger charge is 2.38. The van der Waals surface area contributed by atoms with Crippen LogP contribution in [0.1, 0.15) is 18.9 Å². The van der Waals surface area contributed by atoms with E-state index in [1.807, 2.05) is 30.3 Å². The second-order valence-electron chi connectivity index (χ2n) is 7.28. The van der Waals surface area contributed by atoms with Gasteiger partial charge < -0.3 is 10.1 Å². The van der Waals surface area contributed by atoms with Crippen molar-refractivity contribution in [1.82, 2.24) is 0 Å². The fraction of sp³-hybridized carbons (Fsp3) is 0.217. The Labute approximate surface area is 180 Å². The van der Waals surface area contributed by atoms with Crippen molar-refractivity contribution < 1.29 is 27.3 Å². The van der Waals surface area contributed by atoms with E-state index in [0.717, 1.165) is 5.56 Å². The van der Waals surface area contributed by atoms with E-state index in [4.69, 9.17) is 4.74 Å². The predicted molar refractivity (Wildman–Crippen MR) is 118 cm³/mol. The molecule has 0 saturated carbocycles. The quantitative estimate of drug-likeness (QED) is 0.517. The van der Waals surface area contributed by atoms with Crippen molar-refractivity contribution in [3.05, 3.63) is 72.3 Å². The smallest absolute Gasteiger partial charge is 0.295 e. The molecule has 1 amide bonds. The summed E-state index contributed by atoms with van der Waals surface area (Å²) in [6.07, 6.45) is -0.0585. The number of hydrogen-bond donors (Lipinski definition) is 2. The number of ether oxygens (including phenoxy) is 1. The number of hydrogen-bond acceptors (Lipinski definition) is 5. The topological polar surface area (TPSA) is 110 Å². The standard InChI is InChI=1S/C23H23NO6S/c1-16(25)23(30-2,14-17-8-4-3-5-9-17)15-21(26)24-19-12-6-10-18-11-7-13-20(22(18)19)31(27,28)29/h3-13H,14-15H2,1-2H3,(H,24,26)(H,27,28,29). The minimum absolute atomic E-state index is 0.190. The lowest BCUT2D eigenvalue weighted by molar-refractivity contribution is -0.143. The van der Waals surface area contributed by atoms with E-state index in [2.05, 4.69) is 5.32 Å². The summed E-state index contributed by atoms with van der Waals surface area (Å²) in [6, 6.07) is 18.5. The molecule has 3 rings (SSSR count). The van der Waals surface area contributed by atoms with Crippen LogP contribution in [0.3, 0.4) is 0 Å². The van der Waals surface area contributed by atoms with Crippen molar-refractivity contribution in [2.24, 2.45) is 0 Å². The summed E-state index contributed by atoms with van der Waals surface area (Å²) in [5, 5.41) is 3.40. The molecule has 0 heterocycles. The average Bonchev–Trinajstić information content (AvgIpc) is 2.73. The zero-order valence-electron chi connectivity index (χ0n) is 17.2. The fourth-order valence-corrected chi connectivity index (χ4v) is 4.34. The molecule has 0 aromatic heterocycles. The van der Waals surface area contributed by atoms with Gasteiger partial charge in [0.05, 0.1) is 6.42 Å². The summed E-state index contributed by atoms with van der Waals surface area (Å²) in [6.45, 7) is 1.37. The zero-order chi connectivity index (χ0) is 22.6. The molecule has 0 fully saturated rings. The number of carbonyl (C=O) groups excluding carboxylic acids is 2. The Balaban J connectivity index is 1.95. The molecule has 0 aliphatic heterocycles. The molecule has 1 unspecified atom stereocenters. The second kappa shape index (κ2) is 8.97. The molecule has 0 spiro atoms. The molecular weight excluding hydrogens is 418 g/mol. The van der Waals surface area contributed by atoms with Crippen LogP contribution in [0.4, 0.5) is 5.69 Å². The molecule has 3 aromatic rings. The van der Waals surface area contributed by atoms with Crippen molar-refractivity contribution in [2.75, 3.05) is 12.4 Å². The van der Waals surface area contributed by atoms with E-state index in [9.17, 15) is 22.6 Å². The maximum atomic E-state index is 12.9. The maximum Gasteiger partial charge on any atom is 0.295 e. The lowest BCUT2D eigenvalue weighted by Gasteiger charge is -2.29. The molecule has 7 nitrogen and oxygen atoms in total. The van der Waals surface area contributed by atoms with Gasteiger partial charge in [-0.05, 0) is 30.0 Å². The highest BCUT2D eigenvalue weighted by Crippen LogP contribution is 2.31. The number of carbonyl (C=O) groups is 2. The number of benzene rings is 3. The van der Waals surface area contributed by atoms with Crippen molar-refractivity contribution in [3.8, 4) is 0 Å². The summed E-state index contributed by atoms with van der Waals surface area (Å²) < 4.78 is 38.8. The first-order chi connectivity index (χ1) is 14.7. The Bertz CT molecular complexity index is 1220. The number of anilines is 1. The van der Waals surface area contributed by atoms with Gasteiger partial charge in [0.25, 0.3) is 10.1 Å². The first kappa shape index (κ1) is 22.6. The van der Waals surface area contributed by atoms with Crippen molar-refractivity contribution in [2.45, 2.75) is 30.3 Å². The fourth-order valence-electron chi connectivity index (χ4n) is 3.60. The van der Waals surface area contributed by atoms with Gasteiger partial charge in [0.1, 0.15) is 10.5 Å². The summed E-state index contributed by atoms with van der Waals surface area (Å²) in [4.78, 5) is 25.1. The van der Waals surface area contributed by atoms with Crippen molar-refractivity contribution in [1.29, 1.82) is 0 Å². The predicted octanol–water partition coefficient (Wildman–Crippen LogP) is 3.63. The van der Waals surface area contributed by atoms with Crippen LogP contribution in [-0.4, -0.2) is 37.4 Å². The minimum atomic E-state index is -4.51. The minimum Gasteiger partial charge on any atom is -0.370 e. The van der Waals surface area contributed by atoms with Gasteiger partial charge in [-0.3, -0.25) is 14.1 Å². The molecule has 1 atom stereocenters. The lowest BCUT2D eigenvalue weighted by atomic mass is 9.87. The van der Waals surface area contributed by atoms with Crippen molar-refractivity contribution in [3.63, 3.8) is 0 Å². The monoisotopic (exact) mass is 441 g/mol. The molecule has 0 aliphatic rings. The number of methoxy groups -OCH3 is 1. The van der Waals surface area contributed by atoms with Gasteiger partial charge >= 0.3 is 0 Å². The van der Waals surface area contributed by atoms with Crippen LogP contribution < -0.4 is 5.32 Å². The molecule has 3 aromatic carbocycles. The van der Waals surface area contributed by atoms with Gasteiger partial charge in [0.2, 0.25) is 5.91 Å². The number of ketones is 1. The van der Waals surface area contributed by atoms with Crippen LogP contribution in [0.15, 0.2) is 71.6 Å². The van der Waals surface area contributed by atoms with Gasteiger partial charge in [0.15, 0.2) is 5.78 Å². The molecular formula is C23H23NO6S. The zero-order valence-corrected chi connectivity index (χ0v) is 18.0. The molecule has 0 bridgehead atoms. The van der Waals surface area contributed by atoms with E-state index in [1.165, 1.54) is 32.2 Å². The van der Waals surface area contributed by atoms with E-state index >= 15 is 0 Å². The average molecular weight is 442 g/mol. The first-order valence-corrected chi connectivity index (χ1v) is 11.0. The third kappa shape index (κ3) is 4.99. The van der Waals surface area contributed by atoms with Crippen LogP contribution in [0.5, 0.6) is 0 Å². The van der Waals surface area contributed by atoms with E-state index < -0.39 is 21.6 Å². The number of nitrogens with one attached hydrogen (secondary N) is 1. The van der Waals surface area contributed by atoms with Gasteiger partial charge in [-0.2, -0.15) is 8.42 Å². The van der Waals surface area contributed by atoms with Crippen LogP contribution in [-0.2, 0) is 30.9 Å². The summed E-state index contributed by atoms with van der Waals surface area (Å²) in [5.41, 5.74) is -0.322. The Hall–Kier alpha value is -3.07. The van der Waals surface area contributed by atoms with Crippen LogP contribution in [0.25, 0.3) is 10.8 Å². The molecule has 0 saturated heterocycles. The summed E-state index contributed by atoms with van der Waals surface area (Å²) in [7, 11) is -3.13. The molecule has 8 heteroatoms. The molecule has 0 radical (unpaired) electrons. The normalized spacial score (nSPS) is 13.5. The number of Topliss-reactive ketones (excluding diaryl/α,β-unsaturated/α-hetero) is 1. The molecule has 162 valence electrons. The largest absolute Gasteiger partial charge is 0.370 e. The maximum absolute atomic E-state index is 12.9. The van der Waals surface area contributed by atoms with Crippen LogP contribution >= 0.6 is 0 Å². The number of amides is 1. The Morgan fingerprint density at radius 3 is 2.23 bits per heavy atom. The molecule has 31 heavy (non-hydrogen) atoms. The molecule has 2 N–H and O–H groups in total. The highest BCUT2D eigenvalue weighted by molar-refractivity contribution is 7.86. The van der Waals surface area contributed by atoms with E-state index in [1.54, 1.807) is 18.2 Å². The third-order valence-electron chi connectivity index (χ3n) is 5.23. The molecule has 0 aliphatic carbocycles. The Morgan fingerprint density at radius 1 is 1.00 bits per heavy atom. The van der Waals surface area contributed by atoms with Crippen molar-refractivity contribution >= 4 is 38.3 Å². The summed E-state index contributed by atoms with van der Waals surface area (Å²) >= 11 is 0. The van der Waals surface area contributed by atoms with Gasteiger partial charge in [-0.25, -0.2) is 0 Å². The lowest BCUT2D eigenvalue weighted by Crippen LogP contribution is -2.44. The first-order valence-electron chi connectivity index (χ1n) is 9.55. The SMILES string of the molecule is COC(CC(=O)Nc1cccc2cccc(S(=O)(=O)O)c12)(Cc1ccccc1)C(C)=O. The van der Waals surface area contributed by atoms with Gasteiger partial charge in [0, 0.05) is 24.6 Å². The van der Waals surface area contributed by atoms with Crippen LogP contribution in [0, 0.1) is 0 Å². The number of rotatable bonds is 8. The number of fused-ring (bicyclic) bond motifs is 1. The third-order valence-corrected chi connectivity index (χ3v) is 6.13. The second-order valence-corrected chi connectivity index (χ2v) is 8.67. The van der Waals surface area contributed by atoms with Crippen LogP contribution in [0.2, 0.25) is 0 Å². The van der Waals surface area contributed by atoms with E-state index in [-0.39, 0.29) is 34.6 Å². The summed E-state index contributed by atoms with van der Waals surface area (Å²) in [5.74, 6) is -0.823.